The Hall–Kier alpha value is -8.32. The van der Waals surface area contributed by atoms with Crippen LogP contribution in [-0.4, -0.2) is 0 Å². The predicted octanol–water partition coefficient (Wildman–Crippen LogP) is 18.2. The van der Waals surface area contributed by atoms with E-state index in [4.69, 9.17) is 0 Å². The van der Waals surface area contributed by atoms with Crippen LogP contribution in [-0.2, 0) is 0 Å². The fourth-order valence-corrected chi connectivity index (χ4v) is 12.0. The Kier molecular flexibility index (Phi) is 6.77. The summed E-state index contributed by atoms with van der Waals surface area (Å²) in [6.07, 6.45) is 0. The summed E-state index contributed by atoms with van der Waals surface area (Å²) in [7, 11) is 0. The normalized spacial score (nSPS) is 12.4. The fraction of sp³-hybridized carbons (Fsp3) is 0. The van der Waals surface area contributed by atoms with E-state index < -0.39 is 0 Å². The number of rotatable bonds is 4. The van der Waals surface area contributed by atoms with Gasteiger partial charge in [-0.05, 0) is 189 Å². The first-order valence-corrected chi connectivity index (χ1v) is 22.4. The minimum absolute atomic E-state index is 1.22. The molecule has 0 saturated carbocycles. The number of fused-ring (bicyclic) bond motifs is 9. The molecule has 0 atom stereocenters. The van der Waals surface area contributed by atoms with E-state index in [-0.39, 0.29) is 0 Å². The van der Waals surface area contributed by atoms with Gasteiger partial charge in [0.2, 0.25) is 0 Å². The number of benzene rings is 13. The van der Waals surface area contributed by atoms with Gasteiger partial charge < -0.3 is 0 Å². The maximum absolute atomic E-state index is 2.56. The van der Waals surface area contributed by atoms with Gasteiger partial charge in [0.15, 0.2) is 0 Å². The summed E-state index contributed by atoms with van der Waals surface area (Å²) in [6, 6.07) is 82.3. The Morgan fingerprint density at radius 1 is 0.156 bits per heavy atom. The van der Waals surface area contributed by atoms with E-state index in [1.165, 1.54) is 152 Å². The molecule has 0 bridgehead atoms. The van der Waals surface area contributed by atoms with Crippen LogP contribution in [0.4, 0.5) is 0 Å². The minimum atomic E-state index is 1.22. The lowest BCUT2D eigenvalue weighted by Crippen LogP contribution is -1.90. The van der Waals surface area contributed by atoms with Crippen LogP contribution in [0.25, 0.3) is 152 Å². The topological polar surface area (TPSA) is 0 Å². The van der Waals surface area contributed by atoms with Crippen LogP contribution in [0.3, 0.4) is 0 Å². The maximum atomic E-state index is 2.56. The van der Waals surface area contributed by atoms with E-state index in [0.717, 1.165) is 0 Å². The van der Waals surface area contributed by atoms with Gasteiger partial charge in [-0.2, -0.15) is 0 Å². The van der Waals surface area contributed by atoms with Crippen molar-refractivity contribution >= 4 is 108 Å². The molecule has 0 spiro atoms. The SMILES string of the molecule is c1ccc(-c2cc3cc(-c4ccccc4)cc4c5c(-c6ccccc6)c6cc7c(cc6c(-c6ccccc6)c5c(c2)c34)c2ccc3c4cccc5cccc(c6ccc7c2c36)c54)cc1. The molecule has 0 heteroatoms. The summed E-state index contributed by atoms with van der Waals surface area (Å²) in [5.74, 6) is 0. The van der Waals surface area contributed by atoms with Gasteiger partial charge >= 0.3 is 0 Å². The fourth-order valence-electron chi connectivity index (χ4n) is 12.0. The van der Waals surface area contributed by atoms with Crippen molar-refractivity contribution in [2.45, 2.75) is 0 Å². The molecule has 0 aliphatic rings. The predicted molar refractivity (Wildman–Crippen MR) is 277 cm³/mol. The van der Waals surface area contributed by atoms with E-state index in [0.29, 0.717) is 0 Å². The Morgan fingerprint density at radius 2 is 0.516 bits per heavy atom. The van der Waals surface area contributed by atoms with Crippen LogP contribution >= 0.6 is 0 Å². The van der Waals surface area contributed by atoms with Crippen LogP contribution in [0, 0.1) is 0 Å². The molecule has 0 amide bonds. The summed E-state index contributed by atoms with van der Waals surface area (Å²) in [5.41, 5.74) is 9.96. The summed E-state index contributed by atoms with van der Waals surface area (Å²) in [6.45, 7) is 0. The second-order valence-electron chi connectivity index (χ2n) is 17.8. The van der Waals surface area contributed by atoms with E-state index in [1.807, 2.05) is 0 Å². The molecule has 0 radical (unpaired) electrons. The van der Waals surface area contributed by atoms with Crippen LogP contribution in [0.2, 0.25) is 0 Å². The van der Waals surface area contributed by atoms with Crippen molar-refractivity contribution in [1.82, 2.24) is 0 Å². The van der Waals surface area contributed by atoms with Crippen molar-refractivity contribution in [2.24, 2.45) is 0 Å². The molecule has 15 rings (SSSR count). The van der Waals surface area contributed by atoms with Crippen LogP contribution in [0.15, 0.2) is 218 Å². The van der Waals surface area contributed by atoms with Crippen molar-refractivity contribution in [3.8, 4) is 44.5 Å². The molecule has 0 aliphatic heterocycles. The highest BCUT2D eigenvalue weighted by Gasteiger charge is 2.27. The molecule has 0 nitrogen and oxygen atoms in total. The molecule has 292 valence electrons. The van der Waals surface area contributed by atoms with Crippen molar-refractivity contribution in [3.05, 3.63) is 218 Å². The Balaban J connectivity index is 1.19. The monoisotopic (exact) mass is 804 g/mol. The van der Waals surface area contributed by atoms with E-state index in [1.54, 1.807) is 0 Å². The smallest absolute Gasteiger partial charge is 0.000719 e. The lowest BCUT2D eigenvalue weighted by Gasteiger charge is -2.17. The van der Waals surface area contributed by atoms with Gasteiger partial charge in [-0.25, -0.2) is 0 Å². The molecule has 0 unspecified atom stereocenters. The highest BCUT2D eigenvalue weighted by atomic mass is 14.3. The summed E-state index contributed by atoms with van der Waals surface area (Å²) in [5, 5.41) is 26.4. The molecular formula is C64H36. The first-order valence-electron chi connectivity index (χ1n) is 22.4. The largest absolute Gasteiger partial charge is 0.0622 e. The average Bonchev–Trinajstić information content (AvgIpc) is 3.86. The van der Waals surface area contributed by atoms with E-state index in [9.17, 15) is 0 Å². The number of hydrogen-bond donors (Lipinski definition) is 0. The van der Waals surface area contributed by atoms with Gasteiger partial charge in [0.25, 0.3) is 0 Å². The van der Waals surface area contributed by atoms with Crippen LogP contribution in [0.5, 0.6) is 0 Å². The lowest BCUT2D eigenvalue weighted by molar-refractivity contribution is 1.65. The van der Waals surface area contributed by atoms with Gasteiger partial charge in [-0.1, -0.05) is 182 Å². The average molecular weight is 805 g/mol. The first-order chi connectivity index (χ1) is 31.8. The van der Waals surface area contributed by atoms with Crippen molar-refractivity contribution < 1.29 is 0 Å². The highest BCUT2D eigenvalue weighted by Crippen LogP contribution is 2.55. The Labute approximate surface area is 368 Å². The molecule has 0 N–H and O–H groups in total. The van der Waals surface area contributed by atoms with Crippen molar-refractivity contribution in [1.29, 1.82) is 0 Å². The summed E-state index contributed by atoms with van der Waals surface area (Å²) < 4.78 is 0. The molecule has 0 aromatic heterocycles. The van der Waals surface area contributed by atoms with Gasteiger partial charge in [0.1, 0.15) is 0 Å². The molecular weight excluding hydrogens is 769 g/mol. The quantitative estimate of drug-likeness (QED) is 0.123. The maximum Gasteiger partial charge on any atom is -0.000719 e. The highest BCUT2D eigenvalue weighted by molar-refractivity contribution is 6.45. The first kappa shape index (κ1) is 34.3. The van der Waals surface area contributed by atoms with Gasteiger partial charge in [0, 0.05) is 0 Å². The van der Waals surface area contributed by atoms with Crippen molar-refractivity contribution in [2.75, 3.05) is 0 Å². The molecule has 0 aliphatic carbocycles. The standard InChI is InChI=1S/C64H36/c1-5-15-37(16-6-1)42-31-44-32-43(38-17-7-2-8-18-38)34-56-58(44)55(33-42)63-59(40-19-9-3-10-20-40)53-35-51-49-29-27-47-45-25-13-23-39-24-14-26-46(57(39)45)48-28-30-50(62(49)61(47)48)52(51)36-54(53)60(64(56)63)41-21-11-4-12-22-41/h1-36H. The molecule has 15 aromatic carbocycles. The number of hydrogen-bond acceptors (Lipinski definition) is 0. The minimum Gasteiger partial charge on any atom is -0.0622 e. The molecule has 0 fully saturated rings. The van der Waals surface area contributed by atoms with Gasteiger partial charge in [-0.3, -0.25) is 0 Å². The summed E-state index contributed by atoms with van der Waals surface area (Å²) >= 11 is 0. The van der Waals surface area contributed by atoms with Gasteiger partial charge in [0.05, 0.1) is 0 Å². The zero-order valence-corrected chi connectivity index (χ0v) is 34.8. The third kappa shape index (κ3) is 4.51. The summed E-state index contributed by atoms with van der Waals surface area (Å²) in [4.78, 5) is 0. The Bertz CT molecular complexity index is 4090. The zero-order chi connectivity index (χ0) is 41.6. The van der Waals surface area contributed by atoms with Gasteiger partial charge in [-0.15, -0.1) is 0 Å². The second kappa shape index (κ2) is 12.6. The lowest BCUT2D eigenvalue weighted by atomic mass is 9.85. The molecule has 15 aromatic rings. The van der Waals surface area contributed by atoms with Crippen LogP contribution < -0.4 is 0 Å². The van der Waals surface area contributed by atoms with E-state index in [2.05, 4.69) is 218 Å². The Morgan fingerprint density at radius 3 is 0.938 bits per heavy atom. The van der Waals surface area contributed by atoms with Crippen molar-refractivity contribution in [3.63, 3.8) is 0 Å². The third-order valence-corrected chi connectivity index (χ3v) is 14.6. The van der Waals surface area contributed by atoms with E-state index >= 15 is 0 Å². The molecule has 64 heavy (non-hydrogen) atoms. The second-order valence-corrected chi connectivity index (χ2v) is 17.8. The van der Waals surface area contributed by atoms with Crippen LogP contribution in [0.1, 0.15) is 0 Å². The third-order valence-electron chi connectivity index (χ3n) is 14.6. The molecule has 0 saturated heterocycles. The molecule has 0 heterocycles. The zero-order valence-electron chi connectivity index (χ0n) is 34.8.